The third-order valence-corrected chi connectivity index (χ3v) is 7.58. The zero-order valence-corrected chi connectivity index (χ0v) is 22.9. The van der Waals surface area contributed by atoms with E-state index in [4.69, 9.17) is 4.74 Å². The molecule has 3 rings (SSSR count). The Morgan fingerprint density at radius 2 is 1.82 bits per heavy atom. The molecule has 1 saturated carbocycles. The van der Waals surface area contributed by atoms with Gasteiger partial charge in [0.2, 0.25) is 5.91 Å². The number of nitrogens with zero attached hydrogens (tertiary/aromatic N) is 2. The van der Waals surface area contributed by atoms with Crippen LogP contribution in [0.1, 0.15) is 58.1 Å². The van der Waals surface area contributed by atoms with Crippen LogP contribution in [-0.4, -0.2) is 72.2 Å². The van der Waals surface area contributed by atoms with Gasteiger partial charge in [-0.05, 0) is 42.4 Å². The van der Waals surface area contributed by atoms with Crippen LogP contribution in [0.2, 0.25) is 0 Å². The van der Waals surface area contributed by atoms with Crippen molar-refractivity contribution in [3.8, 4) is 0 Å². The highest BCUT2D eigenvalue weighted by Gasteiger charge is 2.49. The Hall–Kier alpha value is -3.03. The first-order valence-electron chi connectivity index (χ1n) is 13.2. The van der Waals surface area contributed by atoms with Crippen molar-refractivity contribution >= 4 is 23.7 Å². The minimum Gasteiger partial charge on any atom is -0.382 e. The fourth-order valence-corrected chi connectivity index (χ4v) is 4.98. The number of alkyl halides is 5. The molecule has 3 N–H and O–H groups in total. The van der Waals surface area contributed by atoms with Crippen LogP contribution in [0, 0.1) is 17.8 Å². The molecule has 0 radical (unpaired) electrons. The summed E-state index contributed by atoms with van der Waals surface area (Å²) in [7, 11) is 1.33. The minimum absolute atomic E-state index is 0.0189. The van der Waals surface area contributed by atoms with Crippen LogP contribution < -0.4 is 16.0 Å². The molecule has 224 valence electrons. The molecule has 0 aromatic carbocycles. The van der Waals surface area contributed by atoms with Crippen LogP contribution in [0.15, 0.2) is 18.3 Å². The van der Waals surface area contributed by atoms with E-state index in [1.165, 1.54) is 39.3 Å². The Labute approximate surface area is 229 Å². The summed E-state index contributed by atoms with van der Waals surface area (Å²) in [5, 5.41) is 6.72. The molecule has 2 heterocycles. The summed E-state index contributed by atoms with van der Waals surface area (Å²) >= 11 is 0. The highest BCUT2D eigenvalue weighted by molar-refractivity contribution is 5.98. The summed E-state index contributed by atoms with van der Waals surface area (Å²) in [5.41, 5.74) is 0.337. The third kappa shape index (κ3) is 7.38. The van der Waals surface area contributed by atoms with Crippen molar-refractivity contribution in [1.82, 2.24) is 20.5 Å². The predicted molar refractivity (Wildman–Crippen MR) is 135 cm³/mol. The Balaban J connectivity index is 1.83. The van der Waals surface area contributed by atoms with Gasteiger partial charge in [0.15, 0.2) is 0 Å². The number of ether oxygens (including phenoxy) is 1. The largest absolute Gasteiger partial charge is 0.410 e. The van der Waals surface area contributed by atoms with Gasteiger partial charge in [0, 0.05) is 19.2 Å². The molecule has 9 nitrogen and oxygen atoms in total. The Bertz CT molecular complexity index is 1060. The minimum atomic E-state index is -4.64. The van der Waals surface area contributed by atoms with E-state index in [2.05, 4.69) is 22.5 Å². The number of hydrogen-bond donors (Lipinski definition) is 3. The molecule has 14 heteroatoms. The highest BCUT2D eigenvalue weighted by Crippen LogP contribution is 2.33. The molecule has 2 aliphatic rings. The third-order valence-electron chi connectivity index (χ3n) is 7.58. The van der Waals surface area contributed by atoms with E-state index in [9.17, 15) is 36.3 Å². The van der Waals surface area contributed by atoms with Crippen LogP contribution in [0.5, 0.6) is 0 Å². The van der Waals surface area contributed by atoms with Gasteiger partial charge in [0.25, 0.3) is 5.91 Å². The quantitative estimate of drug-likeness (QED) is 0.360. The second kappa shape index (κ2) is 12.6. The lowest BCUT2D eigenvalue weighted by atomic mass is 9.79. The van der Waals surface area contributed by atoms with Crippen LogP contribution >= 0.6 is 0 Å². The molecule has 1 aliphatic carbocycles. The summed E-state index contributed by atoms with van der Waals surface area (Å²) in [5.74, 6) is -7.23. The number of aromatic nitrogens is 1. The highest BCUT2D eigenvalue weighted by atomic mass is 19.4. The van der Waals surface area contributed by atoms with E-state index in [0.717, 1.165) is 17.7 Å². The number of pyridine rings is 1. The summed E-state index contributed by atoms with van der Waals surface area (Å²) in [4.78, 5) is 43.3. The van der Waals surface area contributed by atoms with Gasteiger partial charge in [-0.1, -0.05) is 33.6 Å². The van der Waals surface area contributed by atoms with Crippen LogP contribution in [0.25, 0.3) is 0 Å². The molecular weight excluding hydrogens is 541 g/mol. The number of anilines is 1. The monoisotopic (exact) mass is 577 g/mol. The molecule has 4 amide bonds. The molecule has 0 spiro atoms. The van der Waals surface area contributed by atoms with Crippen LogP contribution in [0.3, 0.4) is 0 Å². The number of hydrogen-bond acceptors (Lipinski definition) is 5. The van der Waals surface area contributed by atoms with Gasteiger partial charge in [-0.15, -0.1) is 0 Å². The summed E-state index contributed by atoms with van der Waals surface area (Å²) in [6, 6.07) is -2.31. The van der Waals surface area contributed by atoms with Crippen molar-refractivity contribution < 1.29 is 41.1 Å². The number of urea groups is 1. The maximum absolute atomic E-state index is 14.4. The zero-order valence-electron chi connectivity index (χ0n) is 22.9. The number of halogens is 5. The smallest absolute Gasteiger partial charge is 0.382 e. The second-order valence-electron chi connectivity index (χ2n) is 10.9. The van der Waals surface area contributed by atoms with E-state index < -0.39 is 60.5 Å². The van der Waals surface area contributed by atoms with Gasteiger partial charge in [-0.3, -0.25) is 9.59 Å². The fourth-order valence-electron chi connectivity index (χ4n) is 4.98. The maximum Gasteiger partial charge on any atom is 0.410 e. The Morgan fingerprint density at radius 3 is 2.38 bits per heavy atom. The van der Waals surface area contributed by atoms with Gasteiger partial charge in [0.1, 0.15) is 17.9 Å². The normalized spacial score (nSPS) is 23.5. The lowest BCUT2D eigenvalue weighted by Gasteiger charge is -2.33. The number of carbonyl (C=O) groups is 3. The van der Waals surface area contributed by atoms with Gasteiger partial charge in [-0.25, -0.2) is 9.78 Å². The van der Waals surface area contributed by atoms with Gasteiger partial charge < -0.3 is 25.6 Å². The zero-order chi connectivity index (χ0) is 29.8. The molecule has 1 unspecified atom stereocenters. The molecule has 3 atom stereocenters. The average Bonchev–Trinajstić information content (AvgIpc) is 3.28. The Morgan fingerprint density at radius 1 is 1.18 bits per heavy atom. The molecule has 2 fully saturated rings. The van der Waals surface area contributed by atoms with Crippen molar-refractivity contribution in [2.45, 2.75) is 76.7 Å². The van der Waals surface area contributed by atoms with Crippen molar-refractivity contribution in [3.63, 3.8) is 0 Å². The van der Waals surface area contributed by atoms with Crippen molar-refractivity contribution in [2.24, 2.45) is 17.8 Å². The van der Waals surface area contributed by atoms with E-state index in [1.54, 1.807) is 0 Å². The van der Waals surface area contributed by atoms with E-state index in [0.29, 0.717) is 24.3 Å². The fraction of sp³-hybridized carbons (Fsp3) is 0.692. The molecule has 1 saturated heterocycles. The number of methoxy groups -OCH3 is 1. The standard InChI is InChI=1S/C26H36F5N5O4/c1-14(2)25(27,28)23(38)35-21(16-7-5-15(3)6-8-16)22(37)34-20-11-17(9-10-32-20)18(13-40-4)36-12-19(26(29,30)31)33-24(36)39/h9-11,14-16,18-19,21H,5-8,12-13H2,1-4H3,(H,33,39)(H,35,38)(H,32,34,37)/t15?,16?,18-,19+,21?/m1/s1. The number of nitrogens with one attached hydrogen (secondary N) is 3. The number of carbonyl (C=O) groups excluding carboxylic acids is 3. The molecule has 1 aromatic rings. The SMILES string of the molecule is COC[C@H](c1ccnc(NC(=O)C(NC(=O)C(F)(F)C(C)C)C2CCC(C)CC2)c1)N1C[C@@H](C(F)(F)F)NC1=O. The summed E-state index contributed by atoms with van der Waals surface area (Å²) in [6.07, 6.45) is -0.683. The van der Waals surface area contributed by atoms with Gasteiger partial charge >= 0.3 is 18.1 Å². The lowest BCUT2D eigenvalue weighted by Crippen LogP contribution is -2.55. The molecule has 0 bridgehead atoms. The van der Waals surface area contributed by atoms with Crippen LogP contribution in [-0.2, 0) is 14.3 Å². The van der Waals surface area contributed by atoms with E-state index in [-0.39, 0.29) is 18.3 Å². The maximum atomic E-state index is 14.4. The average molecular weight is 578 g/mol. The molecule has 1 aromatic heterocycles. The van der Waals surface area contributed by atoms with Crippen molar-refractivity contribution in [2.75, 3.05) is 25.6 Å². The number of amides is 4. The second-order valence-corrected chi connectivity index (χ2v) is 10.9. The van der Waals surface area contributed by atoms with Gasteiger partial charge in [0.05, 0.1) is 19.2 Å². The van der Waals surface area contributed by atoms with Crippen molar-refractivity contribution in [3.05, 3.63) is 23.9 Å². The summed E-state index contributed by atoms with van der Waals surface area (Å²) < 4.78 is 73.7. The van der Waals surface area contributed by atoms with Crippen molar-refractivity contribution in [1.29, 1.82) is 0 Å². The van der Waals surface area contributed by atoms with E-state index in [1.807, 2.05) is 5.32 Å². The predicted octanol–water partition coefficient (Wildman–Crippen LogP) is 4.27. The van der Waals surface area contributed by atoms with Crippen LogP contribution in [0.4, 0.5) is 32.6 Å². The molecular formula is C26H36F5N5O4. The first-order valence-corrected chi connectivity index (χ1v) is 13.2. The molecule has 1 aliphatic heterocycles. The lowest BCUT2D eigenvalue weighted by molar-refractivity contribution is -0.154. The topological polar surface area (TPSA) is 113 Å². The molecule has 40 heavy (non-hydrogen) atoms. The first kappa shape index (κ1) is 31.5. The Kier molecular flexibility index (Phi) is 9.96. The first-order chi connectivity index (χ1) is 18.6. The number of rotatable bonds is 10. The van der Waals surface area contributed by atoms with Gasteiger partial charge in [-0.2, -0.15) is 22.0 Å². The summed E-state index contributed by atoms with van der Waals surface area (Å²) in [6.45, 7) is 3.69. The van der Waals surface area contributed by atoms with E-state index >= 15 is 0 Å².